The number of aromatic nitrogens is 2. The van der Waals surface area contributed by atoms with Crippen molar-refractivity contribution in [3.63, 3.8) is 0 Å². The number of carbonyl (C=O) groups excluding carboxylic acids is 1. The molecule has 6 nitrogen and oxygen atoms in total. The summed E-state index contributed by atoms with van der Waals surface area (Å²) in [6, 6.07) is -0.368. The number of piperidine rings is 1. The summed E-state index contributed by atoms with van der Waals surface area (Å²) in [5.41, 5.74) is 0. The van der Waals surface area contributed by atoms with Crippen molar-refractivity contribution in [3.8, 4) is 0 Å². The third-order valence-corrected chi connectivity index (χ3v) is 3.27. The minimum atomic E-state index is -0.505. The number of halogens is 1. The van der Waals surface area contributed by atoms with E-state index < -0.39 is 5.82 Å². The molecule has 0 aromatic carbocycles. The van der Waals surface area contributed by atoms with Crippen LogP contribution in [0.1, 0.15) is 19.3 Å². The normalized spacial score (nSPS) is 19.1. The summed E-state index contributed by atoms with van der Waals surface area (Å²) in [6.07, 6.45) is 3.72. The third-order valence-electron chi connectivity index (χ3n) is 3.27. The summed E-state index contributed by atoms with van der Waals surface area (Å²) in [4.78, 5) is 21.6. The van der Waals surface area contributed by atoms with E-state index in [4.69, 9.17) is 0 Å². The van der Waals surface area contributed by atoms with Crippen LogP contribution < -0.4 is 15.5 Å². The van der Waals surface area contributed by atoms with Crippen molar-refractivity contribution in [1.29, 1.82) is 0 Å². The second-order valence-electron chi connectivity index (χ2n) is 4.43. The molecule has 1 aromatic rings. The molecule has 0 bridgehead atoms. The van der Waals surface area contributed by atoms with Crippen LogP contribution in [0.3, 0.4) is 0 Å². The van der Waals surface area contributed by atoms with Crippen LogP contribution in [0, 0.1) is 5.82 Å². The summed E-state index contributed by atoms with van der Waals surface area (Å²) in [5, 5.41) is 5.40. The van der Waals surface area contributed by atoms with Crippen molar-refractivity contribution in [3.05, 3.63) is 12.0 Å². The molecule has 0 radical (unpaired) electrons. The quantitative estimate of drug-likeness (QED) is 0.846. The SMILES string of the molecule is CNC(=O)C1CCCCN1c1nc(NC)ncc1F. The van der Waals surface area contributed by atoms with Crippen molar-refractivity contribution in [1.82, 2.24) is 15.3 Å². The lowest BCUT2D eigenvalue weighted by atomic mass is 10.0. The zero-order valence-corrected chi connectivity index (χ0v) is 11.1. The number of anilines is 2. The van der Waals surface area contributed by atoms with Gasteiger partial charge in [0.2, 0.25) is 11.9 Å². The molecule has 19 heavy (non-hydrogen) atoms. The molecule has 1 aromatic heterocycles. The molecule has 1 aliphatic rings. The highest BCUT2D eigenvalue weighted by molar-refractivity contribution is 5.85. The van der Waals surface area contributed by atoms with Gasteiger partial charge in [0.25, 0.3) is 0 Å². The second-order valence-corrected chi connectivity index (χ2v) is 4.43. The Hall–Kier alpha value is -1.92. The molecule has 0 aliphatic carbocycles. The van der Waals surface area contributed by atoms with E-state index in [0.717, 1.165) is 19.0 Å². The molecule has 1 fully saturated rings. The van der Waals surface area contributed by atoms with Gasteiger partial charge in [-0.1, -0.05) is 0 Å². The highest BCUT2D eigenvalue weighted by Gasteiger charge is 2.30. The number of rotatable bonds is 3. The van der Waals surface area contributed by atoms with E-state index in [2.05, 4.69) is 20.6 Å². The van der Waals surface area contributed by atoms with Gasteiger partial charge in [-0.3, -0.25) is 4.79 Å². The molecule has 0 spiro atoms. The molecule has 104 valence electrons. The van der Waals surface area contributed by atoms with Crippen LogP contribution in [0.25, 0.3) is 0 Å². The molecule has 7 heteroatoms. The molecule has 1 atom stereocenters. The van der Waals surface area contributed by atoms with Crippen LogP contribution in [-0.2, 0) is 4.79 Å². The van der Waals surface area contributed by atoms with Crippen molar-refractivity contribution in [2.75, 3.05) is 30.9 Å². The topological polar surface area (TPSA) is 70.2 Å². The molecule has 1 saturated heterocycles. The Labute approximate surface area is 111 Å². The highest BCUT2D eigenvalue weighted by atomic mass is 19.1. The average Bonchev–Trinajstić information content (AvgIpc) is 2.47. The van der Waals surface area contributed by atoms with Crippen molar-refractivity contribution >= 4 is 17.7 Å². The van der Waals surface area contributed by atoms with Gasteiger partial charge in [0.05, 0.1) is 6.20 Å². The average molecular weight is 267 g/mol. The van der Waals surface area contributed by atoms with Crippen LogP contribution in [-0.4, -0.2) is 42.6 Å². The van der Waals surface area contributed by atoms with Crippen molar-refractivity contribution < 1.29 is 9.18 Å². The molecule has 1 amide bonds. The highest BCUT2D eigenvalue weighted by Crippen LogP contribution is 2.26. The van der Waals surface area contributed by atoms with Gasteiger partial charge in [-0.25, -0.2) is 9.37 Å². The van der Waals surface area contributed by atoms with Crippen LogP contribution >= 0.6 is 0 Å². The zero-order chi connectivity index (χ0) is 13.8. The number of nitrogens with zero attached hydrogens (tertiary/aromatic N) is 3. The fourth-order valence-electron chi connectivity index (χ4n) is 2.30. The van der Waals surface area contributed by atoms with E-state index >= 15 is 0 Å². The number of hydrogen-bond acceptors (Lipinski definition) is 5. The molecular formula is C12H18FN5O. The van der Waals surface area contributed by atoms with Gasteiger partial charge < -0.3 is 15.5 Å². The van der Waals surface area contributed by atoms with Gasteiger partial charge in [0.15, 0.2) is 11.6 Å². The van der Waals surface area contributed by atoms with Crippen LogP contribution in [0.5, 0.6) is 0 Å². The van der Waals surface area contributed by atoms with Gasteiger partial charge in [-0.15, -0.1) is 0 Å². The number of hydrogen-bond donors (Lipinski definition) is 2. The van der Waals surface area contributed by atoms with E-state index in [1.165, 1.54) is 0 Å². The minimum absolute atomic E-state index is 0.108. The Morgan fingerprint density at radius 3 is 2.95 bits per heavy atom. The zero-order valence-electron chi connectivity index (χ0n) is 11.1. The maximum atomic E-state index is 13.9. The number of nitrogens with one attached hydrogen (secondary N) is 2. The molecule has 2 N–H and O–H groups in total. The third kappa shape index (κ3) is 2.74. The summed E-state index contributed by atoms with van der Waals surface area (Å²) in [5.74, 6) is -0.0798. The first-order chi connectivity index (χ1) is 9.17. The van der Waals surface area contributed by atoms with E-state index in [-0.39, 0.29) is 17.8 Å². The molecule has 2 heterocycles. The fourth-order valence-corrected chi connectivity index (χ4v) is 2.30. The smallest absolute Gasteiger partial charge is 0.242 e. The van der Waals surface area contributed by atoms with Gasteiger partial charge in [0, 0.05) is 20.6 Å². The molecule has 0 saturated carbocycles. The van der Waals surface area contributed by atoms with Crippen molar-refractivity contribution in [2.24, 2.45) is 0 Å². The summed E-state index contributed by atoms with van der Waals surface area (Å²) < 4.78 is 13.9. The monoisotopic (exact) mass is 267 g/mol. The fraction of sp³-hybridized carbons (Fsp3) is 0.583. The number of likely N-dealkylation sites (N-methyl/N-ethyl adjacent to an activating group) is 1. The predicted molar refractivity (Wildman–Crippen MR) is 70.6 cm³/mol. The lowest BCUT2D eigenvalue weighted by Crippen LogP contribution is -2.49. The number of carbonyl (C=O) groups is 1. The minimum Gasteiger partial charge on any atom is -0.357 e. The lowest BCUT2D eigenvalue weighted by molar-refractivity contribution is -0.122. The lowest BCUT2D eigenvalue weighted by Gasteiger charge is -2.35. The second kappa shape index (κ2) is 5.81. The standard InChI is InChI=1S/C12H18FN5O/c1-14-11(19)9-5-3-4-6-18(9)10-8(13)7-16-12(15-2)17-10/h7,9H,3-6H2,1-2H3,(H,14,19)(H,15,16,17). The van der Waals surface area contributed by atoms with Gasteiger partial charge in [-0.05, 0) is 19.3 Å². The number of amides is 1. The van der Waals surface area contributed by atoms with E-state index in [0.29, 0.717) is 18.9 Å². The summed E-state index contributed by atoms with van der Waals surface area (Å²) >= 11 is 0. The Bertz CT molecular complexity index is 467. The summed E-state index contributed by atoms with van der Waals surface area (Å²) in [7, 11) is 3.26. The van der Waals surface area contributed by atoms with Crippen LogP contribution in [0.2, 0.25) is 0 Å². The predicted octanol–water partition coefficient (Wildman–Crippen LogP) is 0.762. The first kappa shape index (κ1) is 13.5. The Morgan fingerprint density at radius 2 is 2.26 bits per heavy atom. The van der Waals surface area contributed by atoms with E-state index in [1.807, 2.05) is 0 Å². The van der Waals surface area contributed by atoms with Gasteiger partial charge in [-0.2, -0.15) is 4.98 Å². The molecule has 1 aliphatic heterocycles. The largest absolute Gasteiger partial charge is 0.357 e. The maximum absolute atomic E-state index is 13.9. The molecule has 1 unspecified atom stereocenters. The van der Waals surface area contributed by atoms with E-state index in [9.17, 15) is 9.18 Å². The first-order valence-electron chi connectivity index (χ1n) is 6.36. The van der Waals surface area contributed by atoms with Gasteiger partial charge in [0.1, 0.15) is 6.04 Å². The van der Waals surface area contributed by atoms with E-state index in [1.54, 1.807) is 19.0 Å². The maximum Gasteiger partial charge on any atom is 0.242 e. The Balaban J connectivity index is 2.34. The Morgan fingerprint density at radius 1 is 1.47 bits per heavy atom. The Kier molecular flexibility index (Phi) is 4.13. The van der Waals surface area contributed by atoms with Crippen LogP contribution in [0.15, 0.2) is 6.20 Å². The van der Waals surface area contributed by atoms with Crippen molar-refractivity contribution in [2.45, 2.75) is 25.3 Å². The van der Waals surface area contributed by atoms with Gasteiger partial charge >= 0.3 is 0 Å². The summed E-state index contributed by atoms with van der Waals surface area (Å²) in [6.45, 7) is 0.620. The first-order valence-corrected chi connectivity index (χ1v) is 6.36. The van der Waals surface area contributed by atoms with Crippen LogP contribution in [0.4, 0.5) is 16.2 Å². The molecule has 2 rings (SSSR count). The molecular weight excluding hydrogens is 249 g/mol.